The molecule has 6 rings (SSSR count). The molecule has 1 aliphatic carbocycles. The van der Waals surface area contributed by atoms with Crippen LogP contribution in [-0.4, -0.2) is 24.4 Å². The van der Waals surface area contributed by atoms with Gasteiger partial charge in [-0.1, -0.05) is 53.8 Å². The van der Waals surface area contributed by atoms with E-state index in [4.69, 9.17) is 4.99 Å². The Hall–Kier alpha value is -4.78. The minimum atomic E-state index is -3.06. The standard InChI is InChI=1S/C33H24F6N2O4S/c34-30(35)43-22-12-8-18(9-13-22)16-21-5-3-6-24-27(21)40-33-41(28(24)19-10-14-23(15-11-19)44-31(36)37)29(42)26(46-33)17-20-4-1-2-7-25(20)45-32(38)39/h1-2,4,7-17,28,30-32H,3,5-6H2/b21-16+,26-17-/t28-/m1/s1. The van der Waals surface area contributed by atoms with Crippen LogP contribution in [-0.2, 0) is 0 Å². The molecule has 238 valence electrons. The van der Waals surface area contributed by atoms with Gasteiger partial charge in [0.25, 0.3) is 5.56 Å². The first-order valence-electron chi connectivity index (χ1n) is 14.1. The quantitative estimate of drug-likeness (QED) is 0.177. The largest absolute Gasteiger partial charge is 0.435 e. The van der Waals surface area contributed by atoms with Gasteiger partial charge in [0.15, 0.2) is 4.80 Å². The summed E-state index contributed by atoms with van der Waals surface area (Å²) in [4.78, 5) is 19.2. The molecule has 1 aliphatic heterocycles. The molecule has 0 fully saturated rings. The van der Waals surface area contributed by atoms with Gasteiger partial charge in [-0.15, -0.1) is 0 Å². The predicted octanol–water partition coefficient (Wildman–Crippen LogP) is 7.29. The number of para-hydroxylation sites is 1. The van der Waals surface area contributed by atoms with Gasteiger partial charge in [-0.2, -0.15) is 26.3 Å². The van der Waals surface area contributed by atoms with Crippen LogP contribution in [0.1, 0.15) is 42.0 Å². The van der Waals surface area contributed by atoms with Crippen LogP contribution in [0, 0.1) is 0 Å². The molecule has 0 bridgehead atoms. The van der Waals surface area contributed by atoms with E-state index >= 15 is 0 Å². The van der Waals surface area contributed by atoms with Crippen molar-refractivity contribution in [2.75, 3.05) is 0 Å². The van der Waals surface area contributed by atoms with Crippen LogP contribution in [0.4, 0.5) is 26.3 Å². The maximum absolute atomic E-state index is 14.0. The molecule has 1 atom stereocenters. The Labute approximate surface area is 261 Å². The summed E-state index contributed by atoms with van der Waals surface area (Å²) < 4.78 is 92.4. The van der Waals surface area contributed by atoms with Crippen LogP contribution in [0.5, 0.6) is 17.2 Å². The van der Waals surface area contributed by atoms with E-state index < -0.39 is 31.4 Å². The number of aromatic nitrogens is 1. The van der Waals surface area contributed by atoms with Crippen LogP contribution in [0.3, 0.4) is 0 Å². The van der Waals surface area contributed by atoms with Gasteiger partial charge in [-0.25, -0.2) is 4.99 Å². The van der Waals surface area contributed by atoms with Crippen molar-refractivity contribution in [2.45, 2.75) is 45.1 Å². The van der Waals surface area contributed by atoms with E-state index in [1.807, 2.05) is 6.08 Å². The third-order valence-electron chi connectivity index (χ3n) is 7.42. The van der Waals surface area contributed by atoms with Gasteiger partial charge in [-0.05, 0) is 84.0 Å². The topological polar surface area (TPSA) is 62.0 Å². The molecule has 2 aliphatic rings. The van der Waals surface area contributed by atoms with Gasteiger partial charge in [0.2, 0.25) is 0 Å². The molecule has 6 nitrogen and oxygen atoms in total. The molecule has 46 heavy (non-hydrogen) atoms. The van der Waals surface area contributed by atoms with E-state index in [1.165, 1.54) is 41.0 Å². The summed E-state index contributed by atoms with van der Waals surface area (Å²) >= 11 is 1.08. The predicted molar refractivity (Wildman–Crippen MR) is 159 cm³/mol. The summed E-state index contributed by atoms with van der Waals surface area (Å²) in [5.41, 5.74) is 3.58. The summed E-state index contributed by atoms with van der Waals surface area (Å²) in [7, 11) is 0. The van der Waals surface area contributed by atoms with Crippen LogP contribution in [0.2, 0.25) is 0 Å². The number of nitrogens with zero attached hydrogens (tertiary/aromatic N) is 2. The smallest absolute Gasteiger partial charge is 0.387 e. The van der Waals surface area contributed by atoms with Crippen LogP contribution < -0.4 is 29.1 Å². The molecular weight excluding hydrogens is 634 g/mol. The lowest BCUT2D eigenvalue weighted by Gasteiger charge is -2.31. The second kappa shape index (κ2) is 13.3. The fraction of sp³-hybridized carbons (Fsp3) is 0.212. The zero-order valence-electron chi connectivity index (χ0n) is 23.7. The van der Waals surface area contributed by atoms with Crippen molar-refractivity contribution in [3.63, 3.8) is 0 Å². The van der Waals surface area contributed by atoms with Gasteiger partial charge in [-0.3, -0.25) is 9.36 Å². The van der Waals surface area contributed by atoms with Crippen molar-refractivity contribution < 1.29 is 40.6 Å². The monoisotopic (exact) mass is 658 g/mol. The Bertz CT molecular complexity index is 1970. The van der Waals surface area contributed by atoms with Gasteiger partial charge >= 0.3 is 19.8 Å². The second-order valence-corrected chi connectivity index (χ2v) is 11.3. The first-order valence-corrected chi connectivity index (χ1v) is 14.9. The number of hydrogen-bond acceptors (Lipinski definition) is 6. The highest BCUT2D eigenvalue weighted by molar-refractivity contribution is 7.07. The number of hydrogen-bond donors (Lipinski definition) is 0. The summed E-state index contributed by atoms with van der Waals surface area (Å²) in [5.74, 6) is -0.113. The molecule has 3 aromatic carbocycles. The zero-order valence-corrected chi connectivity index (χ0v) is 24.5. The molecule has 2 heterocycles. The third-order valence-corrected chi connectivity index (χ3v) is 8.40. The zero-order chi connectivity index (χ0) is 32.4. The molecule has 0 N–H and O–H groups in total. The van der Waals surface area contributed by atoms with E-state index in [-0.39, 0.29) is 27.3 Å². The maximum atomic E-state index is 14.0. The Morgan fingerprint density at radius 3 is 2.07 bits per heavy atom. The van der Waals surface area contributed by atoms with Gasteiger partial charge in [0.05, 0.1) is 16.3 Å². The minimum Gasteiger partial charge on any atom is -0.435 e. The molecule has 0 radical (unpaired) electrons. The SMILES string of the molecule is O=c1/c(=C/c2ccccc2OC(F)F)sc2n1[C@H](c1ccc(OC(F)F)cc1)C1=C(N=2)/C(=C/c2ccc(OC(F)F)cc2)CCC1. The highest BCUT2D eigenvalue weighted by Crippen LogP contribution is 2.41. The fourth-order valence-electron chi connectivity index (χ4n) is 5.58. The Kier molecular flexibility index (Phi) is 9.02. The van der Waals surface area contributed by atoms with Gasteiger partial charge < -0.3 is 14.2 Å². The first-order chi connectivity index (χ1) is 22.2. The number of rotatable bonds is 9. The minimum absolute atomic E-state index is 0.0225. The molecule has 4 aromatic rings. The Morgan fingerprint density at radius 2 is 1.41 bits per heavy atom. The van der Waals surface area contributed by atoms with Crippen molar-refractivity contribution >= 4 is 23.5 Å². The van der Waals surface area contributed by atoms with E-state index in [0.717, 1.165) is 34.5 Å². The number of thiazole rings is 1. The van der Waals surface area contributed by atoms with Crippen LogP contribution in [0.15, 0.2) is 99.4 Å². The molecule has 0 spiro atoms. The molecule has 0 unspecified atom stereocenters. The second-order valence-electron chi connectivity index (χ2n) is 10.3. The fourth-order valence-corrected chi connectivity index (χ4v) is 6.57. The average Bonchev–Trinajstić information content (AvgIpc) is 3.32. The number of alkyl halides is 6. The number of fused-ring (bicyclic) bond motifs is 1. The average molecular weight is 659 g/mol. The molecular formula is C33H24F6N2O4S. The molecule has 13 heteroatoms. The van der Waals surface area contributed by atoms with E-state index in [9.17, 15) is 31.1 Å². The summed E-state index contributed by atoms with van der Waals surface area (Å²) in [6.07, 6.45) is 5.33. The van der Waals surface area contributed by atoms with Crippen molar-refractivity contribution in [1.29, 1.82) is 0 Å². The molecule has 0 amide bonds. The van der Waals surface area contributed by atoms with E-state index in [2.05, 4.69) is 14.2 Å². The Morgan fingerprint density at radius 1 is 0.783 bits per heavy atom. The third kappa shape index (κ3) is 6.74. The highest BCUT2D eigenvalue weighted by atomic mass is 32.1. The lowest BCUT2D eigenvalue weighted by molar-refractivity contribution is -0.0506. The Balaban J connectivity index is 1.50. The summed E-state index contributed by atoms with van der Waals surface area (Å²) in [6.45, 7) is -9.00. The lowest BCUT2D eigenvalue weighted by atomic mass is 9.84. The van der Waals surface area contributed by atoms with Gasteiger partial charge in [0.1, 0.15) is 17.2 Å². The first kappa shape index (κ1) is 31.2. The van der Waals surface area contributed by atoms with Crippen molar-refractivity contribution in [1.82, 2.24) is 4.57 Å². The normalized spacial score (nSPS) is 17.4. The van der Waals surface area contributed by atoms with Crippen LogP contribution in [0.25, 0.3) is 12.2 Å². The summed E-state index contributed by atoms with van der Waals surface area (Å²) in [6, 6.07) is 17.7. The van der Waals surface area contributed by atoms with Crippen molar-refractivity contribution in [2.24, 2.45) is 4.99 Å². The number of benzene rings is 3. The lowest BCUT2D eigenvalue weighted by Crippen LogP contribution is -2.39. The van der Waals surface area contributed by atoms with E-state index in [0.29, 0.717) is 28.9 Å². The van der Waals surface area contributed by atoms with Crippen LogP contribution >= 0.6 is 11.3 Å². The number of halogens is 6. The van der Waals surface area contributed by atoms with Crippen molar-refractivity contribution in [3.8, 4) is 17.2 Å². The maximum Gasteiger partial charge on any atom is 0.387 e. The van der Waals surface area contributed by atoms with E-state index in [1.54, 1.807) is 42.5 Å². The van der Waals surface area contributed by atoms with Crippen molar-refractivity contribution in [3.05, 3.63) is 126 Å². The molecule has 0 saturated carbocycles. The molecule has 1 aromatic heterocycles. The number of allylic oxidation sites excluding steroid dienone is 2. The summed E-state index contributed by atoms with van der Waals surface area (Å²) in [5, 5.41) is 0. The highest BCUT2D eigenvalue weighted by Gasteiger charge is 2.32. The molecule has 0 saturated heterocycles. The van der Waals surface area contributed by atoms with Gasteiger partial charge in [0, 0.05) is 5.56 Å². The number of ether oxygens (including phenoxy) is 3.